The topological polar surface area (TPSA) is 43.8 Å². The number of imidazole rings is 1. The lowest BCUT2D eigenvalue weighted by Crippen LogP contribution is -2.05. The predicted molar refractivity (Wildman–Crippen MR) is 74.8 cm³/mol. The second-order valence-corrected chi connectivity index (χ2v) is 5.01. The average Bonchev–Trinajstić information content (AvgIpc) is 2.62. The summed E-state index contributed by atoms with van der Waals surface area (Å²) in [5.41, 5.74) is 10.4. The molecule has 1 heterocycles. The zero-order chi connectivity index (χ0) is 13.3. The summed E-state index contributed by atoms with van der Waals surface area (Å²) in [5, 5.41) is 0.767. The molecule has 1 aromatic carbocycles. The van der Waals surface area contributed by atoms with Crippen molar-refractivity contribution in [3.63, 3.8) is 0 Å². The van der Waals surface area contributed by atoms with Crippen molar-refractivity contribution >= 4 is 11.6 Å². The number of rotatable bonds is 3. The van der Waals surface area contributed by atoms with E-state index in [-0.39, 0.29) is 0 Å². The molecule has 0 aliphatic heterocycles. The third-order valence-corrected chi connectivity index (χ3v) is 3.66. The molecule has 18 heavy (non-hydrogen) atoms. The normalized spacial score (nSPS) is 10.9. The highest BCUT2D eigenvalue weighted by molar-refractivity contribution is 6.30. The van der Waals surface area contributed by atoms with Crippen molar-refractivity contribution in [3.8, 4) is 0 Å². The summed E-state index contributed by atoms with van der Waals surface area (Å²) in [6.07, 6.45) is 0.798. The quantitative estimate of drug-likeness (QED) is 0.925. The zero-order valence-corrected chi connectivity index (χ0v) is 11.8. The molecule has 0 aliphatic rings. The standard InChI is InChI=1S/C14H18ClN3/c1-9-4-5-12(15)6-11(9)7-13-10(2)18(3)14(8-16)17-13/h4-6H,7-8,16H2,1-3H3. The molecule has 0 saturated heterocycles. The molecular formula is C14H18ClN3. The molecule has 1 aromatic heterocycles. The summed E-state index contributed by atoms with van der Waals surface area (Å²) < 4.78 is 2.05. The lowest BCUT2D eigenvalue weighted by atomic mass is 10.0. The van der Waals surface area contributed by atoms with E-state index >= 15 is 0 Å². The van der Waals surface area contributed by atoms with E-state index in [0.717, 1.165) is 28.7 Å². The molecule has 0 fully saturated rings. The van der Waals surface area contributed by atoms with Gasteiger partial charge < -0.3 is 10.3 Å². The van der Waals surface area contributed by atoms with Gasteiger partial charge in [-0.1, -0.05) is 17.7 Å². The van der Waals surface area contributed by atoms with Gasteiger partial charge in [-0.05, 0) is 37.1 Å². The first-order chi connectivity index (χ1) is 8.52. The van der Waals surface area contributed by atoms with Gasteiger partial charge in [-0.2, -0.15) is 0 Å². The van der Waals surface area contributed by atoms with Crippen LogP contribution in [0.2, 0.25) is 5.02 Å². The first-order valence-electron chi connectivity index (χ1n) is 5.99. The summed E-state index contributed by atoms with van der Waals surface area (Å²) in [5.74, 6) is 0.919. The molecule has 0 atom stereocenters. The Kier molecular flexibility index (Phi) is 3.73. The van der Waals surface area contributed by atoms with Gasteiger partial charge in [-0.25, -0.2) is 4.98 Å². The van der Waals surface area contributed by atoms with Crippen LogP contribution in [0, 0.1) is 13.8 Å². The van der Waals surface area contributed by atoms with E-state index < -0.39 is 0 Å². The molecule has 0 unspecified atom stereocenters. The van der Waals surface area contributed by atoms with Crippen molar-refractivity contribution in [2.45, 2.75) is 26.8 Å². The summed E-state index contributed by atoms with van der Waals surface area (Å²) in [6.45, 7) is 4.63. The molecule has 0 radical (unpaired) electrons. The summed E-state index contributed by atoms with van der Waals surface area (Å²) in [7, 11) is 2.00. The number of aryl methyl sites for hydroxylation is 1. The molecule has 2 rings (SSSR count). The van der Waals surface area contributed by atoms with Crippen LogP contribution in [0.4, 0.5) is 0 Å². The molecule has 2 aromatic rings. The van der Waals surface area contributed by atoms with Crippen LogP contribution < -0.4 is 5.73 Å². The minimum absolute atomic E-state index is 0.464. The molecule has 0 saturated carbocycles. The van der Waals surface area contributed by atoms with Crippen LogP contribution in [0.5, 0.6) is 0 Å². The van der Waals surface area contributed by atoms with Crippen LogP contribution in [0.1, 0.15) is 28.3 Å². The second-order valence-electron chi connectivity index (χ2n) is 4.57. The van der Waals surface area contributed by atoms with Crippen LogP contribution in [0.15, 0.2) is 18.2 Å². The van der Waals surface area contributed by atoms with Crippen molar-refractivity contribution in [2.75, 3.05) is 0 Å². The Bertz CT molecular complexity index is 573. The van der Waals surface area contributed by atoms with Gasteiger partial charge in [0.15, 0.2) is 0 Å². The van der Waals surface area contributed by atoms with Crippen molar-refractivity contribution < 1.29 is 0 Å². The fourth-order valence-electron chi connectivity index (χ4n) is 2.06. The predicted octanol–water partition coefficient (Wildman–Crippen LogP) is 2.74. The van der Waals surface area contributed by atoms with Gasteiger partial charge in [0.1, 0.15) is 5.82 Å². The number of aromatic nitrogens is 2. The van der Waals surface area contributed by atoms with Gasteiger partial charge in [-0.15, -0.1) is 0 Å². The number of benzene rings is 1. The highest BCUT2D eigenvalue weighted by Gasteiger charge is 2.11. The van der Waals surface area contributed by atoms with Crippen LogP contribution in [0.3, 0.4) is 0 Å². The summed E-state index contributed by atoms with van der Waals surface area (Å²) >= 11 is 6.04. The lowest BCUT2D eigenvalue weighted by molar-refractivity contribution is 0.774. The minimum atomic E-state index is 0.464. The molecule has 2 N–H and O–H groups in total. The van der Waals surface area contributed by atoms with Gasteiger partial charge >= 0.3 is 0 Å². The maximum Gasteiger partial charge on any atom is 0.122 e. The van der Waals surface area contributed by atoms with E-state index in [2.05, 4.69) is 23.4 Å². The van der Waals surface area contributed by atoms with E-state index in [1.807, 2.05) is 25.2 Å². The molecule has 0 amide bonds. The monoisotopic (exact) mass is 263 g/mol. The first kappa shape index (κ1) is 13.1. The minimum Gasteiger partial charge on any atom is -0.334 e. The lowest BCUT2D eigenvalue weighted by Gasteiger charge is -2.05. The van der Waals surface area contributed by atoms with Gasteiger partial charge in [0.05, 0.1) is 12.2 Å². The van der Waals surface area contributed by atoms with Gasteiger partial charge in [0.2, 0.25) is 0 Å². The Hall–Kier alpha value is -1.32. The third-order valence-electron chi connectivity index (χ3n) is 3.42. The molecule has 0 bridgehead atoms. The van der Waals surface area contributed by atoms with Gasteiger partial charge in [0, 0.05) is 24.2 Å². The van der Waals surface area contributed by atoms with E-state index in [9.17, 15) is 0 Å². The fourth-order valence-corrected chi connectivity index (χ4v) is 2.25. The Morgan fingerprint density at radius 1 is 1.33 bits per heavy atom. The number of halogens is 1. The number of hydrogen-bond donors (Lipinski definition) is 1. The Labute approximate surface area is 113 Å². The van der Waals surface area contributed by atoms with Gasteiger partial charge in [0.25, 0.3) is 0 Å². The molecular weight excluding hydrogens is 246 g/mol. The highest BCUT2D eigenvalue weighted by atomic mass is 35.5. The largest absolute Gasteiger partial charge is 0.334 e. The molecule has 3 nitrogen and oxygen atoms in total. The first-order valence-corrected chi connectivity index (χ1v) is 6.37. The Morgan fingerprint density at radius 3 is 2.67 bits per heavy atom. The fraction of sp³-hybridized carbons (Fsp3) is 0.357. The van der Waals surface area contributed by atoms with Crippen LogP contribution in [-0.4, -0.2) is 9.55 Å². The zero-order valence-electron chi connectivity index (χ0n) is 11.0. The maximum absolute atomic E-state index is 6.04. The van der Waals surface area contributed by atoms with Crippen molar-refractivity contribution in [1.29, 1.82) is 0 Å². The highest BCUT2D eigenvalue weighted by Crippen LogP contribution is 2.20. The number of nitrogens with two attached hydrogens (primary N) is 1. The molecule has 0 spiro atoms. The summed E-state index contributed by atoms with van der Waals surface area (Å²) in [6, 6.07) is 5.96. The van der Waals surface area contributed by atoms with Crippen molar-refractivity contribution in [2.24, 2.45) is 12.8 Å². The van der Waals surface area contributed by atoms with E-state index in [1.54, 1.807) is 0 Å². The number of hydrogen-bond acceptors (Lipinski definition) is 2. The van der Waals surface area contributed by atoms with E-state index in [1.165, 1.54) is 11.1 Å². The SMILES string of the molecule is Cc1ccc(Cl)cc1Cc1nc(CN)n(C)c1C. The second kappa shape index (κ2) is 5.12. The van der Waals surface area contributed by atoms with Crippen LogP contribution >= 0.6 is 11.6 Å². The smallest absolute Gasteiger partial charge is 0.122 e. The van der Waals surface area contributed by atoms with E-state index in [4.69, 9.17) is 17.3 Å². The maximum atomic E-state index is 6.04. The molecule has 4 heteroatoms. The van der Waals surface area contributed by atoms with Crippen LogP contribution in [0.25, 0.3) is 0 Å². The molecule has 96 valence electrons. The summed E-state index contributed by atoms with van der Waals surface area (Å²) in [4.78, 5) is 4.59. The average molecular weight is 264 g/mol. The third kappa shape index (κ3) is 2.42. The van der Waals surface area contributed by atoms with Gasteiger partial charge in [-0.3, -0.25) is 0 Å². The van der Waals surface area contributed by atoms with E-state index in [0.29, 0.717) is 6.54 Å². The Balaban J connectivity index is 2.37. The number of nitrogens with zero attached hydrogens (tertiary/aromatic N) is 2. The van der Waals surface area contributed by atoms with Crippen molar-refractivity contribution in [1.82, 2.24) is 9.55 Å². The van der Waals surface area contributed by atoms with Crippen molar-refractivity contribution in [3.05, 3.63) is 51.6 Å². The molecule has 0 aliphatic carbocycles. The van der Waals surface area contributed by atoms with Crippen LogP contribution in [-0.2, 0) is 20.0 Å². The Morgan fingerprint density at radius 2 is 2.06 bits per heavy atom.